The molecule has 32 heavy (non-hydrogen) atoms. The van der Waals surface area contributed by atoms with Crippen molar-refractivity contribution in [2.75, 3.05) is 24.7 Å². The maximum Gasteiger partial charge on any atom is 0.213 e. The normalized spacial score (nSPS) is 17.2. The minimum Gasteiger partial charge on any atom is -0.397 e. The Bertz CT molecular complexity index is 1360. The molecule has 2 aromatic carbocycles. The molecule has 0 spiro atoms. The molecule has 7 nitrogen and oxygen atoms in total. The minimum atomic E-state index is -1.28. The lowest BCUT2D eigenvalue weighted by Gasteiger charge is -2.37. The van der Waals surface area contributed by atoms with E-state index in [1.807, 2.05) is 28.8 Å². The van der Waals surface area contributed by atoms with Crippen LogP contribution < -0.4 is 16.0 Å². The number of ether oxygens (including phenoxy) is 1. The Balaban J connectivity index is 1.68. The molecule has 0 aliphatic carbocycles. The predicted molar refractivity (Wildman–Crippen MR) is 124 cm³/mol. The van der Waals surface area contributed by atoms with E-state index < -0.39 is 11.2 Å². The van der Waals surface area contributed by atoms with Crippen LogP contribution in [0.25, 0.3) is 21.7 Å². The van der Waals surface area contributed by atoms with Crippen molar-refractivity contribution in [1.29, 1.82) is 0 Å². The molecule has 5 rings (SSSR count). The highest BCUT2D eigenvalue weighted by atomic mass is 35.5. The number of rotatable bonds is 4. The molecule has 0 saturated carbocycles. The standard InChI is InChI=1S/C24H24ClN4O3/c1-23(30,17-4-2-3-14-8-28-9-18(26)21(14)17)11-29-10-19(27)22(24(31)12-32-13-24)16-7-15(25)5-6-20(16)29/h2-10,30-31H,11-13,26-27H2,1H3/q+1. The van der Waals surface area contributed by atoms with Crippen LogP contribution in [0.3, 0.4) is 0 Å². The van der Waals surface area contributed by atoms with Crippen molar-refractivity contribution in [3.05, 3.63) is 71.1 Å². The minimum absolute atomic E-state index is 0.170. The van der Waals surface area contributed by atoms with Gasteiger partial charge in [-0.15, -0.1) is 0 Å². The molecule has 1 unspecified atom stereocenters. The summed E-state index contributed by atoms with van der Waals surface area (Å²) in [5.41, 5.74) is 13.2. The van der Waals surface area contributed by atoms with Crippen LogP contribution in [-0.4, -0.2) is 28.4 Å². The molecule has 8 heteroatoms. The van der Waals surface area contributed by atoms with Gasteiger partial charge in [-0.3, -0.25) is 4.98 Å². The van der Waals surface area contributed by atoms with E-state index >= 15 is 0 Å². The molecule has 1 aliphatic rings. The van der Waals surface area contributed by atoms with Crippen LogP contribution in [0.1, 0.15) is 18.1 Å². The summed E-state index contributed by atoms with van der Waals surface area (Å²) in [6.45, 7) is 2.28. The fourth-order valence-electron chi connectivity index (χ4n) is 4.63. The summed E-state index contributed by atoms with van der Waals surface area (Å²) in [5.74, 6) is 0. The molecule has 1 saturated heterocycles. The van der Waals surface area contributed by atoms with E-state index in [-0.39, 0.29) is 19.8 Å². The van der Waals surface area contributed by atoms with Gasteiger partial charge in [-0.2, -0.15) is 4.57 Å². The van der Waals surface area contributed by atoms with Gasteiger partial charge in [0.2, 0.25) is 5.52 Å². The highest BCUT2D eigenvalue weighted by molar-refractivity contribution is 6.31. The van der Waals surface area contributed by atoms with Crippen LogP contribution >= 0.6 is 11.6 Å². The molecule has 3 heterocycles. The highest BCUT2D eigenvalue weighted by Gasteiger charge is 2.43. The summed E-state index contributed by atoms with van der Waals surface area (Å²) in [5, 5.41) is 25.5. The molecule has 0 bridgehead atoms. The first-order valence-electron chi connectivity index (χ1n) is 10.3. The third-order valence-corrected chi connectivity index (χ3v) is 6.37. The zero-order valence-corrected chi connectivity index (χ0v) is 18.3. The van der Waals surface area contributed by atoms with Gasteiger partial charge in [0.15, 0.2) is 12.7 Å². The van der Waals surface area contributed by atoms with E-state index in [0.717, 1.165) is 21.7 Å². The highest BCUT2D eigenvalue weighted by Crippen LogP contribution is 2.39. The van der Waals surface area contributed by atoms with Crippen molar-refractivity contribution in [3.8, 4) is 0 Å². The van der Waals surface area contributed by atoms with Crippen molar-refractivity contribution in [3.63, 3.8) is 0 Å². The number of nitrogens with two attached hydrogens (primary N) is 2. The van der Waals surface area contributed by atoms with Crippen LogP contribution in [0, 0.1) is 0 Å². The van der Waals surface area contributed by atoms with Gasteiger partial charge in [0.1, 0.15) is 16.9 Å². The van der Waals surface area contributed by atoms with Gasteiger partial charge in [0, 0.05) is 33.6 Å². The second-order valence-corrected chi connectivity index (χ2v) is 9.12. The Labute approximate surface area is 189 Å². The van der Waals surface area contributed by atoms with E-state index in [4.69, 9.17) is 27.8 Å². The number of halogens is 1. The van der Waals surface area contributed by atoms with Crippen LogP contribution in [0.15, 0.2) is 55.0 Å². The Hall–Kier alpha value is -2.97. The number of hydrogen-bond acceptors (Lipinski definition) is 6. The summed E-state index contributed by atoms with van der Waals surface area (Å²) in [6.07, 6.45) is 5.05. The number of benzene rings is 2. The van der Waals surface area contributed by atoms with Crippen LogP contribution in [0.4, 0.5) is 11.4 Å². The van der Waals surface area contributed by atoms with E-state index in [2.05, 4.69) is 4.98 Å². The summed E-state index contributed by atoms with van der Waals surface area (Å²) in [6, 6.07) is 11.1. The third-order valence-electron chi connectivity index (χ3n) is 6.14. The average molecular weight is 452 g/mol. The predicted octanol–water partition coefficient (Wildman–Crippen LogP) is 2.62. The van der Waals surface area contributed by atoms with Crippen LogP contribution in [0.5, 0.6) is 0 Å². The molecule has 6 N–H and O–H groups in total. The number of aliphatic hydroxyl groups is 2. The lowest BCUT2D eigenvalue weighted by Crippen LogP contribution is -2.49. The zero-order valence-electron chi connectivity index (χ0n) is 17.5. The number of nitrogen functional groups attached to an aromatic ring is 2. The zero-order chi connectivity index (χ0) is 22.7. The number of anilines is 2. The van der Waals surface area contributed by atoms with Crippen molar-refractivity contribution in [1.82, 2.24) is 4.98 Å². The third kappa shape index (κ3) is 3.25. The van der Waals surface area contributed by atoms with Crippen LogP contribution in [-0.2, 0) is 22.5 Å². The van der Waals surface area contributed by atoms with E-state index in [1.54, 1.807) is 37.6 Å². The Morgan fingerprint density at radius 1 is 1.19 bits per heavy atom. The van der Waals surface area contributed by atoms with E-state index in [1.165, 1.54) is 0 Å². The fourth-order valence-corrected chi connectivity index (χ4v) is 4.81. The first-order chi connectivity index (χ1) is 15.2. The van der Waals surface area contributed by atoms with Crippen molar-refractivity contribution >= 4 is 44.7 Å². The molecule has 0 radical (unpaired) electrons. The first-order valence-corrected chi connectivity index (χ1v) is 10.6. The number of pyridine rings is 2. The largest absolute Gasteiger partial charge is 0.397 e. The smallest absolute Gasteiger partial charge is 0.213 e. The van der Waals surface area contributed by atoms with E-state index in [0.29, 0.717) is 27.5 Å². The molecular weight excluding hydrogens is 428 g/mol. The van der Waals surface area contributed by atoms with Gasteiger partial charge in [0.05, 0.1) is 30.5 Å². The molecular formula is C24H24ClN4O3+. The second kappa shape index (κ2) is 7.28. The maximum absolute atomic E-state index is 11.6. The first kappa shape index (κ1) is 20.9. The lowest BCUT2D eigenvalue weighted by molar-refractivity contribution is -0.686. The van der Waals surface area contributed by atoms with Gasteiger partial charge >= 0.3 is 0 Å². The fraction of sp³-hybridized carbons (Fsp3) is 0.250. The quantitative estimate of drug-likeness (QED) is 0.354. The lowest BCUT2D eigenvalue weighted by atomic mass is 9.87. The molecule has 164 valence electrons. The van der Waals surface area contributed by atoms with Gasteiger partial charge in [0.25, 0.3) is 0 Å². The SMILES string of the molecule is CC(O)(C[n+]1cc(N)c(C2(O)COC2)c2cc(Cl)ccc21)c1cccc2cncc(N)c12. The average Bonchev–Trinajstić information content (AvgIpc) is 2.71. The summed E-state index contributed by atoms with van der Waals surface area (Å²) in [7, 11) is 0. The summed E-state index contributed by atoms with van der Waals surface area (Å²) < 4.78 is 7.12. The Kier molecular flexibility index (Phi) is 4.76. The van der Waals surface area contributed by atoms with Crippen molar-refractivity contribution in [2.24, 2.45) is 0 Å². The van der Waals surface area contributed by atoms with Crippen molar-refractivity contribution < 1.29 is 19.5 Å². The van der Waals surface area contributed by atoms with Crippen molar-refractivity contribution in [2.45, 2.75) is 24.7 Å². The summed E-state index contributed by atoms with van der Waals surface area (Å²) >= 11 is 6.29. The monoisotopic (exact) mass is 451 g/mol. The number of nitrogens with zero attached hydrogens (tertiary/aromatic N) is 2. The molecule has 0 amide bonds. The molecule has 1 aliphatic heterocycles. The topological polar surface area (TPSA) is 118 Å². The summed E-state index contributed by atoms with van der Waals surface area (Å²) in [4.78, 5) is 4.15. The van der Waals surface area contributed by atoms with Gasteiger partial charge in [-0.05, 0) is 24.6 Å². The Morgan fingerprint density at radius 3 is 2.69 bits per heavy atom. The van der Waals surface area contributed by atoms with E-state index in [9.17, 15) is 10.2 Å². The molecule has 4 aromatic rings. The second-order valence-electron chi connectivity index (χ2n) is 8.68. The number of fused-ring (bicyclic) bond motifs is 2. The Morgan fingerprint density at radius 2 is 1.97 bits per heavy atom. The molecule has 2 aromatic heterocycles. The maximum atomic E-state index is 11.6. The molecule has 1 atom stereocenters. The van der Waals surface area contributed by atoms with Gasteiger partial charge in [-0.1, -0.05) is 29.8 Å². The number of hydrogen-bond donors (Lipinski definition) is 4. The molecule has 1 fully saturated rings. The van der Waals surface area contributed by atoms with Crippen LogP contribution in [0.2, 0.25) is 5.02 Å². The van der Waals surface area contributed by atoms with Gasteiger partial charge in [-0.25, -0.2) is 0 Å². The number of aromatic nitrogens is 2. The van der Waals surface area contributed by atoms with Gasteiger partial charge < -0.3 is 26.4 Å².